The zero-order valence-electron chi connectivity index (χ0n) is 18.4. The van der Waals surface area contributed by atoms with Crippen LogP contribution >= 0.6 is 0 Å². The predicted octanol–water partition coefficient (Wildman–Crippen LogP) is 0.893. The molecule has 0 unspecified atom stereocenters. The number of hydrazone groups is 1. The molecule has 3 aromatic carbocycles. The molecule has 0 atom stereocenters. The predicted molar refractivity (Wildman–Crippen MR) is 127 cm³/mol. The van der Waals surface area contributed by atoms with Crippen LogP contribution in [0.15, 0.2) is 70.7 Å². The lowest BCUT2D eigenvalue weighted by atomic mass is 10.0. The van der Waals surface area contributed by atoms with E-state index < -0.39 is 10.0 Å². The van der Waals surface area contributed by atoms with Crippen molar-refractivity contribution in [2.45, 2.75) is 11.8 Å². The van der Waals surface area contributed by atoms with E-state index in [1.54, 1.807) is 30.3 Å². The van der Waals surface area contributed by atoms with Crippen LogP contribution in [0.4, 0.5) is 0 Å². The van der Waals surface area contributed by atoms with Crippen LogP contribution in [0, 0.1) is 6.92 Å². The summed E-state index contributed by atoms with van der Waals surface area (Å²) < 4.78 is 27.1. The first-order valence-electron chi connectivity index (χ1n) is 10.8. The van der Waals surface area contributed by atoms with Crippen LogP contribution in [0.5, 0.6) is 5.75 Å². The van der Waals surface area contributed by atoms with E-state index in [9.17, 15) is 18.3 Å². The number of quaternary nitrogens is 1. The summed E-state index contributed by atoms with van der Waals surface area (Å²) in [4.78, 5) is 13.6. The van der Waals surface area contributed by atoms with Crippen LogP contribution < -0.4 is 10.3 Å². The highest BCUT2D eigenvalue weighted by molar-refractivity contribution is 7.89. The van der Waals surface area contributed by atoms with Crippen molar-refractivity contribution in [3.05, 3.63) is 71.8 Å². The maximum atomic E-state index is 12.8. The Morgan fingerprint density at radius 3 is 2.52 bits per heavy atom. The molecule has 0 spiro atoms. The number of sulfonamides is 1. The van der Waals surface area contributed by atoms with Crippen LogP contribution in [0.1, 0.15) is 11.1 Å². The highest BCUT2D eigenvalue weighted by Crippen LogP contribution is 2.25. The number of amides is 1. The Labute approximate surface area is 193 Å². The minimum absolute atomic E-state index is 0.0863. The first-order valence-corrected chi connectivity index (χ1v) is 12.2. The van der Waals surface area contributed by atoms with Crippen molar-refractivity contribution in [2.24, 2.45) is 5.10 Å². The molecule has 1 fully saturated rings. The number of benzene rings is 3. The van der Waals surface area contributed by atoms with Crippen LogP contribution in [0.25, 0.3) is 10.8 Å². The maximum Gasteiger partial charge on any atom is 0.295 e. The highest BCUT2D eigenvalue weighted by atomic mass is 32.2. The summed E-state index contributed by atoms with van der Waals surface area (Å²) in [6.45, 7) is 3.88. The van der Waals surface area contributed by atoms with E-state index in [0.29, 0.717) is 36.6 Å². The average molecular weight is 468 g/mol. The number of rotatable bonds is 6. The van der Waals surface area contributed by atoms with Gasteiger partial charge >= 0.3 is 0 Å². The standard InChI is InChI=1S/C24H26N4O4S/c1-18-6-9-20(10-7-18)33(31,32)28-14-12-27(13-15-28)17-24(30)26-25-16-22-21-5-3-2-4-19(21)8-11-23(22)29/h2-11,16,29H,12-15,17H2,1H3,(H,26,30)/p+1/b25-16+. The molecule has 0 aliphatic carbocycles. The summed E-state index contributed by atoms with van der Waals surface area (Å²) in [5, 5.41) is 16.0. The molecule has 9 heteroatoms. The number of aryl methyl sites for hydroxylation is 1. The molecule has 0 aromatic heterocycles. The van der Waals surface area contributed by atoms with Gasteiger partial charge in [-0.2, -0.15) is 9.41 Å². The lowest BCUT2D eigenvalue weighted by Crippen LogP contribution is -3.15. The van der Waals surface area contributed by atoms with Gasteiger partial charge in [0.25, 0.3) is 5.91 Å². The molecule has 0 radical (unpaired) electrons. The van der Waals surface area contributed by atoms with Gasteiger partial charge in [-0.3, -0.25) is 4.79 Å². The van der Waals surface area contributed by atoms with E-state index in [4.69, 9.17) is 0 Å². The molecule has 1 heterocycles. The van der Waals surface area contributed by atoms with Crippen LogP contribution in [-0.4, -0.2) is 62.7 Å². The smallest absolute Gasteiger partial charge is 0.295 e. The molecule has 1 aliphatic heterocycles. The van der Waals surface area contributed by atoms with Crippen LogP contribution in [0.2, 0.25) is 0 Å². The van der Waals surface area contributed by atoms with Crippen molar-refractivity contribution < 1.29 is 23.2 Å². The molecular weight excluding hydrogens is 440 g/mol. The first kappa shape index (κ1) is 22.9. The van der Waals surface area contributed by atoms with Crippen LogP contribution in [0.3, 0.4) is 0 Å². The molecule has 0 bridgehead atoms. The van der Waals surface area contributed by atoms with Gasteiger partial charge in [-0.1, -0.05) is 48.0 Å². The number of phenolic OH excluding ortho intramolecular Hbond substituents is 1. The molecule has 8 nitrogen and oxygen atoms in total. The first-order chi connectivity index (χ1) is 15.8. The average Bonchev–Trinajstić information content (AvgIpc) is 2.81. The van der Waals surface area contributed by atoms with Gasteiger partial charge in [-0.25, -0.2) is 13.8 Å². The molecule has 1 amide bonds. The lowest BCUT2D eigenvalue weighted by Gasteiger charge is -2.31. The number of hydrogen-bond donors (Lipinski definition) is 3. The number of fused-ring (bicyclic) bond motifs is 1. The molecule has 0 saturated carbocycles. The molecule has 1 aliphatic rings. The van der Waals surface area contributed by atoms with E-state index in [1.807, 2.05) is 37.3 Å². The van der Waals surface area contributed by atoms with Crippen molar-refractivity contribution in [1.29, 1.82) is 0 Å². The van der Waals surface area contributed by atoms with Crippen LogP contribution in [-0.2, 0) is 14.8 Å². The topological polar surface area (TPSA) is 104 Å². The summed E-state index contributed by atoms with van der Waals surface area (Å²) in [6, 6.07) is 17.9. The number of phenols is 1. The number of carbonyl (C=O) groups is 1. The lowest BCUT2D eigenvalue weighted by molar-refractivity contribution is -0.895. The van der Waals surface area contributed by atoms with Gasteiger partial charge in [-0.15, -0.1) is 0 Å². The minimum atomic E-state index is -3.53. The Morgan fingerprint density at radius 1 is 1.09 bits per heavy atom. The monoisotopic (exact) mass is 467 g/mol. The number of piperazine rings is 1. The fourth-order valence-corrected chi connectivity index (χ4v) is 5.38. The van der Waals surface area contributed by atoms with Gasteiger partial charge in [0.05, 0.1) is 37.3 Å². The third-order valence-corrected chi connectivity index (χ3v) is 7.74. The Kier molecular flexibility index (Phi) is 6.73. The van der Waals surface area contributed by atoms with Crippen molar-refractivity contribution in [1.82, 2.24) is 9.73 Å². The second kappa shape index (κ2) is 9.70. The molecule has 3 aromatic rings. The highest BCUT2D eigenvalue weighted by Gasteiger charge is 2.31. The largest absolute Gasteiger partial charge is 0.507 e. The summed E-state index contributed by atoms with van der Waals surface area (Å²) in [6.07, 6.45) is 1.44. The van der Waals surface area contributed by atoms with Gasteiger partial charge in [0, 0.05) is 5.56 Å². The fraction of sp³-hybridized carbons (Fsp3) is 0.250. The molecule has 4 rings (SSSR count). The third kappa shape index (κ3) is 5.22. The fourth-order valence-electron chi connectivity index (χ4n) is 3.93. The van der Waals surface area contributed by atoms with E-state index in [0.717, 1.165) is 21.2 Å². The number of nitrogens with one attached hydrogen (secondary N) is 2. The van der Waals surface area contributed by atoms with Crippen molar-refractivity contribution in [2.75, 3.05) is 32.7 Å². The van der Waals surface area contributed by atoms with Gasteiger partial charge in [0.15, 0.2) is 6.54 Å². The Balaban J connectivity index is 1.31. The maximum absolute atomic E-state index is 12.8. The SMILES string of the molecule is Cc1ccc(S(=O)(=O)N2CC[NH+](CC(=O)N/N=C/c3c(O)ccc4ccccc34)CC2)cc1. The number of aromatic hydroxyl groups is 1. The van der Waals surface area contributed by atoms with Crippen molar-refractivity contribution in [3.8, 4) is 5.75 Å². The number of hydrogen-bond acceptors (Lipinski definition) is 5. The second-order valence-electron chi connectivity index (χ2n) is 8.16. The van der Waals surface area contributed by atoms with E-state index in [-0.39, 0.29) is 18.2 Å². The molecule has 172 valence electrons. The Hall–Kier alpha value is -3.27. The molecule has 1 saturated heterocycles. The summed E-state index contributed by atoms with van der Waals surface area (Å²) in [7, 11) is -3.53. The van der Waals surface area contributed by atoms with Gasteiger partial charge < -0.3 is 10.0 Å². The van der Waals surface area contributed by atoms with Gasteiger partial charge in [0.1, 0.15) is 5.75 Å². The van der Waals surface area contributed by atoms with Crippen molar-refractivity contribution in [3.63, 3.8) is 0 Å². The molecule has 33 heavy (non-hydrogen) atoms. The zero-order valence-corrected chi connectivity index (χ0v) is 19.2. The number of carbonyl (C=O) groups excluding carboxylic acids is 1. The number of nitrogens with zero attached hydrogens (tertiary/aromatic N) is 2. The van der Waals surface area contributed by atoms with E-state index >= 15 is 0 Å². The third-order valence-electron chi connectivity index (χ3n) is 5.83. The van der Waals surface area contributed by atoms with E-state index in [1.165, 1.54) is 10.5 Å². The second-order valence-corrected chi connectivity index (χ2v) is 10.1. The summed E-state index contributed by atoms with van der Waals surface area (Å²) in [5.41, 5.74) is 4.05. The normalized spacial score (nSPS) is 15.8. The summed E-state index contributed by atoms with van der Waals surface area (Å²) in [5.74, 6) is -0.181. The Bertz CT molecular complexity index is 1280. The quantitative estimate of drug-likeness (QED) is 0.370. The molecule has 3 N–H and O–H groups in total. The van der Waals surface area contributed by atoms with E-state index in [2.05, 4.69) is 10.5 Å². The summed E-state index contributed by atoms with van der Waals surface area (Å²) >= 11 is 0. The van der Waals surface area contributed by atoms with Gasteiger partial charge in [-0.05, 0) is 35.9 Å². The van der Waals surface area contributed by atoms with Gasteiger partial charge in [0.2, 0.25) is 10.0 Å². The molecular formula is C24H27N4O4S+. The minimum Gasteiger partial charge on any atom is -0.507 e. The zero-order chi connectivity index (χ0) is 23.4. The Morgan fingerprint density at radius 2 is 1.79 bits per heavy atom. The van der Waals surface area contributed by atoms with Crippen molar-refractivity contribution >= 4 is 32.9 Å².